The number of carboxylic acids is 1. The van der Waals surface area contributed by atoms with Crippen LogP contribution in [-0.4, -0.2) is 40.0 Å². The van der Waals surface area contributed by atoms with Gasteiger partial charge in [-0.25, -0.2) is 9.78 Å². The Labute approximate surface area is 148 Å². The van der Waals surface area contributed by atoms with Crippen LogP contribution in [-0.2, 0) is 4.79 Å². The largest absolute Gasteiger partial charge is 0.491 e. The van der Waals surface area contributed by atoms with E-state index >= 15 is 0 Å². The fraction of sp³-hybridized carbons (Fsp3) is 0.267. The first-order chi connectivity index (χ1) is 11.4. The van der Waals surface area contributed by atoms with Gasteiger partial charge in [0.05, 0.1) is 18.7 Å². The van der Waals surface area contributed by atoms with Crippen LogP contribution in [0.4, 0.5) is 0 Å². The van der Waals surface area contributed by atoms with E-state index in [1.54, 1.807) is 19.1 Å². The second kappa shape index (κ2) is 8.07. The molecule has 2 N–H and O–H groups in total. The van der Waals surface area contributed by atoms with Crippen molar-refractivity contribution in [3.63, 3.8) is 0 Å². The number of nitrogens with zero attached hydrogens (tertiary/aromatic N) is 2. The molecular formula is C15H16ClN3O4S. The van der Waals surface area contributed by atoms with E-state index in [0.717, 1.165) is 11.8 Å². The summed E-state index contributed by atoms with van der Waals surface area (Å²) in [6, 6.07) is 3.27. The maximum absolute atomic E-state index is 11.5. The van der Waals surface area contributed by atoms with Gasteiger partial charge >= 0.3 is 5.97 Å². The Morgan fingerprint density at radius 2 is 2.25 bits per heavy atom. The number of carbonyl (C=O) groups is 1. The van der Waals surface area contributed by atoms with E-state index in [-0.39, 0.29) is 4.91 Å². The van der Waals surface area contributed by atoms with Crippen molar-refractivity contribution in [3.05, 3.63) is 33.4 Å². The summed E-state index contributed by atoms with van der Waals surface area (Å²) >= 11 is 7.12. The molecule has 0 bridgehead atoms. The van der Waals surface area contributed by atoms with Gasteiger partial charge in [0.25, 0.3) is 0 Å². The second-order valence-electron chi connectivity index (χ2n) is 4.59. The molecule has 0 fully saturated rings. The van der Waals surface area contributed by atoms with Gasteiger partial charge in [-0.3, -0.25) is 5.10 Å². The summed E-state index contributed by atoms with van der Waals surface area (Å²) < 4.78 is 10.7. The lowest BCUT2D eigenvalue weighted by atomic mass is 10.2. The quantitative estimate of drug-likeness (QED) is 0.570. The zero-order valence-electron chi connectivity index (χ0n) is 13.3. The number of carboxylic acid groups (broad SMARTS) is 1. The summed E-state index contributed by atoms with van der Waals surface area (Å²) in [5, 5.41) is 16.6. The van der Waals surface area contributed by atoms with Crippen molar-refractivity contribution in [2.45, 2.75) is 19.0 Å². The van der Waals surface area contributed by atoms with Crippen LogP contribution in [0.3, 0.4) is 0 Å². The number of aliphatic carboxylic acids is 1. The summed E-state index contributed by atoms with van der Waals surface area (Å²) in [5.74, 6) is 0.368. The molecule has 9 heteroatoms. The lowest BCUT2D eigenvalue weighted by Gasteiger charge is -2.12. The van der Waals surface area contributed by atoms with Gasteiger partial charge in [-0.15, -0.1) is 5.10 Å². The molecule has 1 aromatic heterocycles. The van der Waals surface area contributed by atoms with Crippen LogP contribution in [0.1, 0.15) is 18.3 Å². The van der Waals surface area contributed by atoms with Crippen LogP contribution >= 0.6 is 23.4 Å². The fourth-order valence-electron chi connectivity index (χ4n) is 1.88. The maximum atomic E-state index is 11.5. The highest BCUT2D eigenvalue weighted by atomic mass is 35.5. The molecule has 0 saturated heterocycles. The van der Waals surface area contributed by atoms with E-state index in [0.29, 0.717) is 39.7 Å². The number of thioether (sulfide) groups is 1. The third kappa shape index (κ3) is 4.42. The molecule has 0 aliphatic rings. The van der Waals surface area contributed by atoms with Crippen molar-refractivity contribution in [1.82, 2.24) is 15.2 Å². The summed E-state index contributed by atoms with van der Waals surface area (Å²) in [6.07, 6.45) is 1.48. The average molecular weight is 370 g/mol. The molecule has 128 valence electrons. The number of aryl methyl sites for hydroxylation is 1. The molecule has 0 atom stereocenters. The zero-order valence-corrected chi connectivity index (χ0v) is 14.9. The number of aromatic amines is 1. The first-order valence-corrected chi connectivity index (χ1v) is 8.16. The normalized spacial score (nSPS) is 11.4. The highest BCUT2D eigenvalue weighted by Gasteiger charge is 2.15. The van der Waals surface area contributed by atoms with E-state index in [1.165, 1.54) is 13.2 Å². The van der Waals surface area contributed by atoms with Gasteiger partial charge in [-0.05, 0) is 49.4 Å². The van der Waals surface area contributed by atoms with Gasteiger partial charge in [-0.2, -0.15) is 0 Å². The van der Waals surface area contributed by atoms with Gasteiger partial charge in [0.1, 0.15) is 10.7 Å². The number of aromatic nitrogens is 3. The molecule has 24 heavy (non-hydrogen) atoms. The SMILES string of the molecule is CCOc1cc(C=C(Sc2n[nH]c(C)n2)C(=O)O)cc(Cl)c1OC. The van der Waals surface area contributed by atoms with Crippen molar-refractivity contribution in [2.75, 3.05) is 13.7 Å². The van der Waals surface area contributed by atoms with E-state index in [2.05, 4.69) is 15.2 Å². The van der Waals surface area contributed by atoms with Crippen LogP contribution in [0.15, 0.2) is 22.2 Å². The summed E-state index contributed by atoms with van der Waals surface area (Å²) in [4.78, 5) is 15.6. The Kier molecular flexibility index (Phi) is 6.10. The monoisotopic (exact) mass is 369 g/mol. The minimum absolute atomic E-state index is 0.0534. The standard InChI is InChI=1S/C15H16ClN3O4S/c1-4-23-11-6-9(5-10(16)13(11)22-3)7-12(14(20)21)24-15-17-8(2)18-19-15/h5-7H,4H2,1-3H3,(H,20,21)(H,17,18,19). The van der Waals surface area contributed by atoms with Crippen LogP contribution in [0.2, 0.25) is 5.02 Å². The van der Waals surface area contributed by atoms with E-state index in [4.69, 9.17) is 21.1 Å². The Balaban J connectivity index is 2.39. The molecule has 7 nitrogen and oxygen atoms in total. The number of H-pyrrole nitrogens is 1. The van der Waals surface area contributed by atoms with E-state index in [1.807, 2.05) is 6.92 Å². The van der Waals surface area contributed by atoms with Crippen LogP contribution < -0.4 is 9.47 Å². The van der Waals surface area contributed by atoms with Gasteiger partial charge in [-0.1, -0.05) is 11.6 Å². The Hall–Kier alpha value is -2.19. The molecule has 0 spiro atoms. The number of hydrogen-bond donors (Lipinski definition) is 2. The number of methoxy groups -OCH3 is 1. The number of ether oxygens (including phenoxy) is 2. The minimum Gasteiger partial charge on any atom is -0.491 e. The first-order valence-electron chi connectivity index (χ1n) is 6.96. The maximum Gasteiger partial charge on any atom is 0.342 e. The molecule has 0 aliphatic carbocycles. The van der Waals surface area contributed by atoms with Crippen LogP contribution in [0.5, 0.6) is 11.5 Å². The molecule has 0 saturated carbocycles. The third-order valence-electron chi connectivity index (χ3n) is 2.82. The molecule has 0 radical (unpaired) electrons. The second-order valence-corrected chi connectivity index (χ2v) is 6.00. The Morgan fingerprint density at radius 1 is 1.50 bits per heavy atom. The smallest absolute Gasteiger partial charge is 0.342 e. The lowest BCUT2D eigenvalue weighted by Crippen LogP contribution is -1.99. The zero-order chi connectivity index (χ0) is 17.7. The van der Waals surface area contributed by atoms with Crippen molar-refractivity contribution < 1.29 is 19.4 Å². The van der Waals surface area contributed by atoms with Crippen molar-refractivity contribution >= 4 is 35.4 Å². The molecule has 2 rings (SSSR count). The summed E-state index contributed by atoms with van der Waals surface area (Å²) in [6.45, 7) is 4.00. The highest BCUT2D eigenvalue weighted by Crippen LogP contribution is 2.37. The highest BCUT2D eigenvalue weighted by molar-refractivity contribution is 8.04. The van der Waals surface area contributed by atoms with Gasteiger partial charge in [0.2, 0.25) is 5.16 Å². The van der Waals surface area contributed by atoms with E-state index in [9.17, 15) is 9.90 Å². The summed E-state index contributed by atoms with van der Waals surface area (Å²) in [5.41, 5.74) is 0.571. The van der Waals surface area contributed by atoms with Gasteiger partial charge in [0.15, 0.2) is 11.5 Å². The number of benzene rings is 1. The topological polar surface area (TPSA) is 97.3 Å². The molecule has 0 unspecified atom stereocenters. The fourth-order valence-corrected chi connectivity index (χ4v) is 2.93. The van der Waals surface area contributed by atoms with Gasteiger partial charge in [0, 0.05) is 0 Å². The number of hydrogen-bond acceptors (Lipinski definition) is 6. The molecule has 1 heterocycles. The van der Waals surface area contributed by atoms with Gasteiger partial charge < -0.3 is 14.6 Å². The third-order valence-corrected chi connectivity index (χ3v) is 3.98. The first kappa shape index (κ1) is 18.2. The molecule has 0 aliphatic heterocycles. The van der Waals surface area contributed by atoms with Crippen LogP contribution in [0.25, 0.3) is 6.08 Å². The molecule has 0 amide bonds. The lowest BCUT2D eigenvalue weighted by molar-refractivity contribution is -0.131. The van der Waals surface area contributed by atoms with E-state index < -0.39 is 5.97 Å². The predicted octanol–water partition coefficient (Wildman–Crippen LogP) is 3.39. The molecule has 2 aromatic rings. The molecule has 1 aromatic carbocycles. The predicted molar refractivity (Wildman–Crippen MR) is 91.8 cm³/mol. The average Bonchev–Trinajstić information content (AvgIpc) is 2.92. The van der Waals surface area contributed by atoms with Crippen molar-refractivity contribution in [1.29, 1.82) is 0 Å². The van der Waals surface area contributed by atoms with Crippen molar-refractivity contribution in [3.8, 4) is 11.5 Å². The number of rotatable bonds is 7. The molecular weight excluding hydrogens is 354 g/mol. The van der Waals surface area contributed by atoms with Crippen LogP contribution in [0, 0.1) is 6.92 Å². The van der Waals surface area contributed by atoms with Crippen molar-refractivity contribution in [2.24, 2.45) is 0 Å². The Bertz CT molecular complexity index is 776. The number of halogens is 1. The summed E-state index contributed by atoms with van der Waals surface area (Å²) in [7, 11) is 1.49. The number of nitrogens with one attached hydrogen (secondary N) is 1. The Morgan fingerprint density at radius 3 is 2.79 bits per heavy atom. The minimum atomic E-state index is -1.09.